The van der Waals surface area contributed by atoms with Gasteiger partial charge in [0, 0.05) is 19.0 Å². The maximum absolute atomic E-state index is 14.5. The summed E-state index contributed by atoms with van der Waals surface area (Å²) >= 11 is 0. The second-order valence-electron chi connectivity index (χ2n) is 18.6. The molecule has 2 aromatic rings. The lowest BCUT2D eigenvalue weighted by molar-refractivity contribution is -0.163. The van der Waals surface area contributed by atoms with Gasteiger partial charge in [-0.25, -0.2) is 4.79 Å². The van der Waals surface area contributed by atoms with E-state index in [0.29, 0.717) is 32.1 Å². The van der Waals surface area contributed by atoms with Gasteiger partial charge in [0.25, 0.3) is 0 Å². The van der Waals surface area contributed by atoms with Gasteiger partial charge in [0.1, 0.15) is 42.5 Å². The third-order valence-corrected chi connectivity index (χ3v) is 10.4. The van der Waals surface area contributed by atoms with Gasteiger partial charge in [-0.15, -0.1) is 0 Å². The zero-order valence-electron chi connectivity index (χ0n) is 39.9. The number of hydrogen-bond donors (Lipinski definition) is 2. The summed E-state index contributed by atoms with van der Waals surface area (Å²) in [5.41, 5.74) is 2.56. The highest BCUT2D eigenvalue weighted by Crippen LogP contribution is 2.44. The minimum Gasteiger partial charge on any atom is -0.460 e. The molecule has 2 aromatic carbocycles. The molecule has 2 N–H and O–H groups in total. The van der Waals surface area contributed by atoms with Crippen LogP contribution >= 0.6 is 0 Å². The first kappa shape index (κ1) is 52.9. The van der Waals surface area contributed by atoms with Crippen LogP contribution < -0.4 is 10.6 Å². The van der Waals surface area contributed by atoms with E-state index < -0.39 is 96.5 Å². The zero-order chi connectivity index (χ0) is 47.8. The number of fused-ring (bicyclic) bond motifs is 3. The molecule has 0 bridgehead atoms. The monoisotopic (exact) mass is 893 g/mol. The van der Waals surface area contributed by atoms with Crippen molar-refractivity contribution in [2.45, 2.75) is 156 Å². The summed E-state index contributed by atoms with van der Waals surface area (Å²) in [6.07, 6.45) is 0.450. The topological polar surface area (TPSA) is 187 Å². The first-order valence-electron chi connectivity index (χ1n) is 22.7. The molecule has 1 unspecified atom stereocenters. The number of amides is 4. The highest BCUT2D eigenvalue weighted by Gasteiger charge is 2.36. The van der Waals surface area contributed by atoms with E-state index in [4.69, 9.17) is 18.9 Å². The van der Waals surface area contributed by atoms with E-state index in [0.717, 1.165) is 22.3 Å². The summed E-state index contributed by atoms with van der Waals surface area (Å²) in [7, 11) is 0. The van der Waals surface area contributed by atoms with Gasteiger partial charge in [0.15, 0.2) is 0 Å². The molecule has 0 saturated heterocycles. The molecule has 0 heterocycles. The number of hydrogen-bond acceptors (Lipinski definition) is 11. The molecule has 3 atom stereocenters. The highest BCUT2D eigenvalue weighted by atomic mass is 16.6. The van der Waals surface area contributed by atoms with E-state index >= 15 is 0 Å². The van der Waals surface area contributed by atoms with E-state index in [1.165, 1.54) is 9.80 Å². The van der Waals surface area contributed by atoms with Crippen molar-refractivity contribution < 1.29 is 52.5 Å². The van der Waals surface area contributed by atoms with Crippen LogP contribution in [0.3, 0.4) is 0 Å². The maximum atomic E-state index is 14.5. The van der Waals surface area contributed by atoms with Crippen LogP contribution in [-0.2, 0) is 47.7 Å². The van der Waals surface area contributed by atoms with Crippen molar-refractivity contribution in [1.82, 2.24) is 20.4 Å². The van der Waals surface area contributed by atoms with Crippen molar-refractivity contribution >= 4 is 41.7 Å². The normalized spacial score (nSPS) is 13.7. The first-order valence-corrected chi connectivity index (χ1v) is 22.7. The first-order chi connectivity index (χ1) is 30.1. The molecule has 1 aliphatic rings. The minimum absolute atomic E-state index is 0.0186. The van der Waals surface area contributed by atoms with Gasteiger partial charge in [-0.05, 0) is 89.0 Å². The van der Waals surface area contributed by atoms with Gasteiger partial charge in [-0.1, -0.05) is 96.0 Å². The van der Waals surface area contributed by atoms with Crippen LogP contribution in [0.5, 0.6) is 0 Å². The lowest BCUT2D eigenvalue weighted by Gasteiger charge is -2.31. The average Bonchev–Trinajstić information content (AvgIpc) is 3.53. The minimum atomic E-state index is -1.48. The number of nitrogens with zero attached hydrogens (tertiary/aromatic N) is 2. The predicted molar refractivity (Wildman–Crippen MR) is 243 cm³/mol. The summed E-state index contributed by atoms with van der Waals surface area (Å²) in [6.45, 7) is 18.8. The van der Waals surface area contributed by atoms with Crippen molar-refractivity contribution in [2.24, 2.45) is 5.92 Å². The van der Waals surface area contributed by atoms with Gasteiger partial charge in [0.05, 0.1) is 19.4 Å². The van der Waals surface area contributed by atoms with E-state index in [1.54, 1.807) is 62.3 Å². The highest BCUT2D eigenvalue weighted by molar-refractivity contribution is 5.95. The molecule has 64 heavy (non-hydrogen) atoms. The van der Waals surface area contributed by atoms with Crippen LogP contribution in [0.2, 0.25) is 0 Å². The Morgan fingerprint density at radius 2 is 1.19 bits per heavy atom. The third kappa shape index (κ3) is 16.9. The fourth-order valence-electron chi connectivity index (χ4n) is 7.27. The molecule has 0 spiro atoms. The Balaban J connectivity index is 1.81. The summed E-state index contributed by atoms with van der Waals surface area (Å²) in [4.78, 5) is 97.6. The van der Waals surface area contributed by atoms with E-state index in [-0.39, 0.29) is 32.0 Å². The van der Waals surface area contributed by atoms with Gasteiger partial charge in [0.2, 0.25) is 17.7 Å². The molecule has 4 amide bonds. The molecule has 3 rings (SSSR count). The Labute approximate surface area is 379 Å². The number of alkyl carbamates (subject to hydrolysis) is 1. The molecule has 15 heteroatoms. The third-order valence-electron chi connectivity index (χ3n) is 10.4. The zero-order valence-corrected chi connectivity index (χ0v) is 39.9. The van der Waals surface area contributed by atoms with Crippen molar-refractivity contribution in [3.8, 4) is 11.1 Å². The fraction of sp³-hybridized carbons (Fsp3) is 0.612. The molecule has 1 aliphatic carbocycles. The summed E-state index contributed by atoms with van der Waals surface area (Å²) in [6, 6.07) is 13.2. The molecule has 15 nitrogen and oxygen atoms in total. The van der Waals surface area contributed by atoms with E-state index in [2.05, 4.69) is 10.6 Å². The van der Waals surface area contributed by atoms with E-state index in [9.17, 15) is 33.6 Å². The average molecular weight is 893 g/mol. The largest absolute Gasteiger partial charge is 0.460 e. The summed E-state index contributed by atoms with van der Waals surface area (Å²) in [5, 5.41) is 5.35. The Kier molecular flexibility index (Phi) is 20.3. The quantitative estimate of drug-likeness (QED) is 0.0858. The van der Waals surface area contributed by atoms with Crippen molar-refractivity contribution in [1.29, 1.82) is 0 Å². The summed E-state index contributed by atoms with van der Waals surface area (Å²) < 4.78 is 22.3. The standard InChI is InChI=1S/C49H72N4O11/c1-12-15-25-52(30-43(57)62-33(14-3)27-41(55)63-48(6,7)8)40(54)29-53(26-16-13-2)46(59)39(28-42(56)64-49(9,10)11)50-45(58)44(32(4)5)51-47(60)61-31-38-36-23-19-17-21-34(36)35-22-18-20-24-37(35)38/h17-24,32-33,38-39,44H,12-16,25-31H2,1-11H3,(H,50,58)(H,51,60)/t33?,39-,44-/m0/s1. The van der Waals surface area contributed by atoms with Crippen LogP contribution in [0, 0.1) is 5.92 Å². The molecular weight excluding hydrogens is 821 g/mol. The van der Waals surface area contributed by atoms with Crippen LogP contribution in [0.15, 0.2) is 48.5 Å². The number of ether oxygens (including phenoxy) is 4. The predicted octanol–water partition coefficient (Wildman–Crippen LogP) is 7.08. The maximum Gasteiger partial charge on any atom is 0.407 e. The van der Waals surface area contributed by atoms with Crippen LogP contribution in [0.4, 0.5) is 4.79 Å². The van der Waals surface area contributed by atoms with Crippen LogP contribution in [-0.4, -0.2) is 114 Å². The van der Waals surface area contributed by atoms with Crippen LogP contribution in [0.25, 0.3) is 11.1 Å². The van der Waals surface area contributed by atoms with Gasteiger partial charge in [-0.2, -0.15) is 0 Å². The number of unbranched alkanes of at least 4 members (excludes halogenated alkanes) is 2. The van der Waals surface area contributed by atoms with Crippen molar-refractivity contribution in [3.05, 3.63) is 59.7 Å². The molecule has 0 aromatic heterocycles. The number of rotatable bonds is 23. The smallest absolute Gasteiger partial charge is 0.407 e. The molecule has 0 aliphatic heterocycles. The van der Waals surface area contributed by atoms with Crippen molar-refractivity contribution in [3.63, 3.8) is 0 Å². The number of carbonyl (C=O) groups excluding carboxylic acids is 7. The Hall–Kier alpha value is -5.47. The lowest BCUT2D eigenvalue weighted by Crippen LogP contribution is -2.57. The molecule has 354 valence electrons. The number of nitrogens with one attached hydrogen (secondary N) is 2. The molecule has 0 radical (unpaired) electrons. The molecule has 0 saturated carbocycles. The number of carbonyl (C=O) groups is 7. The Morgan fingerprint density at radius 1 is 0.672 bits per heavy atom. The molecule has 0 fully saturated rings. The number of esters is 3. The second kappa shape index (κ2) is 24.6. The van der Waals surface area contributed by atoms with Gasteiger partial charge < -0.3 is 39.4 Å². The van der Waals surface area contributed by atoms with Gasteiger partial charge in [-0.3, -0.25) is 28.8 Å². The second-order valence-corrected chi connectivity index (χ2v) is 18.6. The lowest BCUT2D eigenvalue weighted by atomic mass is 9.98. The SMILES string of the molecule is CCCCN(CC(=O)OC(CC)CC(=O)OC(C)(C)C)C(=O)CN(CCCC)C(=O)[C@H](CC(=O)OC(C)(C)C)NC(=O)[C@@H](NC(=O)OCC1c2ccccc2-c2ccccc21)C(C)C. The Morgan fingerprint density at radius 3 is 1.69 bits per heavy atom. The van der Waals surface area contributed by atoms with Crippen LogP contribution in [0.1, 0.15) is 138 Å². The summed E-state index contributed by atoms with van der Waals surface area (Å²) in [5.74, 6) is -4.68. The van der Waals surface area contributed by atoms with Crippen molar-refractivity contribution in [2.75, 3.05) is 32.8 Å². The van der Waals surface area contributed by atoms with Gasteiger partial charge >= 0.3 is 24.0 Å². The van der Waals surface area contributed by atoms with E-state index in [1.807, 2.05) is 62.4 Å². The molecular formula is C49H72N4O11. The Bertz CT molecular complexity index is 1870. The number of benzene rings is 2. The fourth-order valence-corrected chi connectivity index (χ4v) is 7.27.